The van der Waals surface area contributed by atoms with Gasteiger partial charge in [-0.25, -0.2) is 4.98 Å². The van der Waals surface area contributed by atoms with Gasteiger partial charge in [0, 0.05) is 16.5 Å². The molecule has 146 valence electrons. The number of aryl methyl sites for hydroxylation is 1. The van der Waals surface area contributed by atoms with E-state index in [0.717, 1.165) is 39.7 Å². The first-order valence-electron chi connectivity index (χ1n) is 9.26. The van der Waals surface area contributed by atoms with Gasteiger partial charge < -0.3 is 4.74 Å². The van der Waals surface area contributed by atoms with Crippen molar-refractivity contribution >= 4 is 56.0 Å². The highest BCUT2D eigenvalue weighted by Crippen LogP contribution is 2.31. The van der Waals surface area contributed by atoms with Gasteiger partial charge in [0.15, 0.2) is 5.13 Å². The highest BCUT2D eigenvalue weighted by molar-refractivity contribution is 8.00. The molecule has 3 aromatic rings. The van der Waals surface area contributed by atoms with Crippen LogP contribution in [0, 0.1) is 6.92 Å². The second-order valence-corrected chi connectivity index (χ2v) is 9.34. The van der Waals surface area contributed by atoms with Crippen LogP contribution in [0.3, 0.4) is 0 Å². The third-order valence-electron chi connectivity index (χ3n) is 4.65. The van der Waals surface area contributed by atoms with E-state index in [1.54, 1.807) is 16.2 Å². The maximum absolute atomic E-state index is 13.1. The molecule has 2 heterocycles. The number of hydrogen-bond donors (Lipinski definition) is 0. The fourth-order valence-corrected chi connectivity index (χ4v) is 5.16. The van der Waals surface area contributed by atoms with Crippen LogP contribution in [-0.2, 0) is 9.53 Å². The van der Waals surface area contributed by atoms with Crippen molar-refractivity contribution in [1.82, 2.24) is 4.98 Å². The quantitative estimate of drug-likeness (QED) is 0.478. The molecule has 0 N–H and O–H groups in total. The first-order valence-corrected chi connectivity index (χ1v) is 11.4. The van der Waals surface area contributed by atoms with Gasteiger partial charge in [0.2, 0.25) is 5.91 Å². The molecule has 1 amide bonds. The number of hydrogen-bond acceptors (Lipinski definition) is 5. The number of nitrogens with zero attached hydrogens (tertiary/aromatic N) is 2. The number of halogens is 1. The van der Waals surface area contributed by atoms with Crippen molar-refractivity contribution in [1.29, 1.82) is 0 Å². The molecule has 7 heteroatoms. The van der Waals surface area contributed by atoms with Gasteiger partial charge in [-0.2, -0.15) is 0 Å². The van der Waals surface area contributed by atoms with E-state index >= 15 is 0 Å². The maximum Gasteiger partial charge on any atom is 0.239 e. The zero-order valence-corrected chi connectivity index (χ0v) is 17.9. The summed E-state index contributed by atoms with van der Waals surface area (Å²) >= 11 is 9.02. The molecule has 0 saturated carbocycles. The van der Waals surface area contributed by atoms with Gasteiger partial charge in [0.1, 0.15) is 0 Å². The Bertz CT molecular complexity index is 968. The van der Waals surface area contributed by atoms with E-state index < -0.39 is 0 Å². The van der Waals surface area contributed by atoms with Crippen LogP contribution in [0.4, 0.5) is 5.13 Å². The Balaban J connectivity index is 1.54. The summed E-state index contributed by atoms with van der Waals surface area (Å²) in [5.74, 6) is 0.398. The number of ether oxygens (including phenoxy) is 1. The van der Waals surface area contributed by atoms with Gasteiger partial charge in [-0.3, -0.25) is 9.69 Å². The second-order valence-electron chi connectivity index (χ2n) is 6.85. The number of aromatic nitrogens is 1. The summed E-state index contributed by atoms with van der Waals surface area (Å²) in [7, 11) is 0. The van der Waals surface area contributed by atoms with Crippen molar-refractivity contribution in [2.45, 2.75) is 30.8 Å². The number of carbonyl (C=O) groups excluding carboxylic acids is 1. The first kappa shape index (κ1) is 19.7. The average molecular weight is 433 g/mol. The molecule has 28 heavy (non-hydrogen) atoms. The largest absolute Gasteiger partial charge is 0.376 e. The third-order valence-corrected chi connectivity index (χ3v) is 6.94. The van der Waals surface area contributed by atoms with E-state index in [1.807, 2.05) is 30.3 Å². The summed E-state index contributed by atoms with van der Waals surface area (Å²) in [4.78, 5) is 20.7. The van der Waals surface area contributed by atoms with Gasteiger partial charge in [-0.05, 0) is 61.7 Å². The molecule has 1 aromatic heterocycles. The van der Waals surface area contributed by atoms with Gasteiger partial charge in [-0.15, -0.1) is 11.8 Å². The number of thiazole rings is 1. The minimum atomic E-state index is 0.0474. The standard InChI is InChI=1S/C21H21ClN2O2S2/c1-14-4-9-18-19(11-14)28-21(23-18)24(12-16-3-2-10-26-16)20(25)13-27-17-7-5-15(22)6-8-17/h4-9,11,16H,2-3,10,12-13H2,1H3. The monoisotopic (exact) mass is 432 g/mol. The highest BCUT2D eigenvalue weighted by atomic mass is 35.5. The second kappa shape index (κ2) is 8.82. The predicted octanol–water partition coefficient (Wildman–Crippen LogP) is 5.56. The van der Waals surface area contributed by atoms with E-state index in [2.05, 4.69) is 19.1 Å². The highest BCUT2D eigenvalue weighted by Gasteiger charge is 2.26. The number of carbonyl (C=O) groups is 1. The Morgan fingerprint density at radius 2 is 2.14 bits per heavy atom. The lowest BCUT2D eigenvalue weighted by Gasteiger charge is -2.23. The number of anilines is 1. The molecule has 1 aliphatic heterocycles. The zero-order valence-electron chi connectivity index (χ0n) is 15.6. The van der Waals surface area contributed by atoms with Crippen molar-refractivity contribution in [2.75, 3.05) is 23.8 Å². The fraction of sp³-hybridized carbons (Fsp3) is 0.333. The molecule has 1 saturated heterocycles. The Morgan fingerprint density at radius 3 is 2.89 bits per heavy atom. The van der Waals surface area contributed by atoms with Crippen LogP contribution < -0.4 is 4.90 Å². The molecule has 0 bridgehead atoms. The molecule has 1 aliphatic rings. The lowest BCUT2D eigenvalue weighted by atomic mass is 10.2. The van der Waals surface area contributed by atoms with Crippen LogP contribution in [0.25, 0.3) is 10.2 Å². The summed E-state index contributed by atoms with van der Waals surface area (Å²) in [5.41, 5.74) is 2.12. The van der Waals surface area contributed by atoms with Crippen LogP contribution >= 0.6 is 34.7 Å². The summed E-state index contributed by atoms with van der Waals surface area (Å²) in [6.45, 7) is 3.39. The van der Waals surface area contributed by atoms with Crippen molar-refractivity contribution in [3.63, 3.8) is 0 Å². The van der Waals surface area contributed by atoms with E-state index in [-0.39, 0.29) is 12.0 Å². The zero-order chi connectivity index (χ0) is 19.5. The van der Waals surface area contributed by atoms with E-state index in [0.29, 0.717) is 17.3 Å². The first-order chi connectivity index (χ1) is 13.6. The number of rotatable bonds is 6. The average Bonchev–Trinajstić information content (AvgIpc) is 3.34. The Kier molecular flexibility index (Phi) is 6.21. The third kappa shape index (κ3) is 4.69. The number of benzene rings is 2. The molecular formula is C21H21ClN2O2S2. The van der Waals surface area contributed by atoms with Gasteiger partial charge in [0.25, 0.3) is 0 Å². The number of thioether (sulfide) groups is 1. The minimum absolute atomic E-state index is 0.0474. The van der Waals surface area contributed by atoms with Gasteiger partial charge in [0.05, 0.1) is 28.6 Å². The van der Waals surface area contributed by atoms with E-state index in [1.165, 1.54) is 17.3 Å². The van der Waals surface area contributed by atoms with Crippen LogP contribution in [-0.4, -0.2) is 35.9 Å². The summed E-state index contributed by atoms with van der Waals surface area (Å²) in [6, 6.07) is 13.7. The van der Waals surface area contributed by atoms with E-state index in [9.17, 15) is 4.79 Å². The molecule has 0 aliphatic carbocycles. The predicted molar refractivity (Wildman–Crippen MR) is 118 cm³/mol. The smallest absolute Gasteiger partial charge is 0.239 e. The Hall–Kier alpha value is -1.60. The number of amides is 1. The van der Waals surface area contributed by atoms with Gasteiger partial charge in [-0.1, -0.05) is 29.0 Å². The Labute approximate surface area is 177 Å². The maximum atomic E-state index is 13.1. The minimum Gasteiger partial charge on any atom is -0.376 e. The molecule has 0 radical (unpaired) electrons. The van der Waals surface area contributed by atoms with Crippen molar-refractivity contribution in [3.05, 3.63) is 53.1 Å². The molecule has 1 atom stereocenters. The van der Waals surface area contributed by atoms with Crippen molar-refractivity contribution < 1.29 is 9.53 Å². The topological polar surface area (TPSA) is 42.4 Å². The lowest BCUT2D eigenvalue weighted by Crippen LogP contribution is -2.38. The SMILES string of the molecule is Cc1ccc2nc(N(CC3CCCO3)C(=O)CSc3ccc(Cl)cc3)sc2c1. The Morgan fingerprint density at radius 1 is 1.32 bits per heavy atom. The van der Waals surface area contributed by atoms with Crippen molar-refractivity contribution in [2.24, 2.45) is 0 Å². The summed E-state index contributed by atoms with van der Waals surface area (Å²) < 4.78 is 6.89. The molecule has 2 aromatic carbocycles. The van der Waals surface area contributed by atoms with Crippen LogP contribution in [0.15, 0.2) is 47.4 Å². The number of fused-ring (bicyclic) bond motifs is 1. The van der Waals surface area contributed by atoms with Crippen LogP contribution in [0.2, 0.25) is 5.02 Å². The van der Waals surface area contributed by atoms with Gasteiger partial charge >= 0.3 is 0 Å². The molecule has 1 unspecified atom stereocenters. The van der Waals surface area contributed by atoms with E-state index in [4.69, 9.17) is 21.3 Å². The molecular weight excluding hydrogens is 412 g/mol. The van der Waals surface area contributed by atoms with Crippen LogP contribution in [0.5, 0.6) is 0 Å². The molecule has 4 rings (SSSR count). The van der Waals surface area contributed by atoms with Crippen molar-refractivity contribution in [3.8, 4) is 0 Å². The molecule has 0 spiro atoms. The fourth-order valence-electron chi connectivity index (χ4n) is 3.17. The normalized spacial score (nSPS) is 16.6. The molecule has 1 fully saturated rings. The lowest BCUT2D eigenvalue weighted by molar-refractivity contribution is -0.116. The summed E-state index contributed by atoms with van der Waals surface area (Å²) in [5, 5.41) is 1.44. The summed E-state index contributed by atoms with van der Waals surface area (Å²) in [6.07, 6.45) is 2.11. The van der Waals surface area contributed by atoms with Crippen LogP contribution in [0.1, 0.15) is 18.4 Å². The molecule has 4 nitrogen and oxygen atoms in total.